The lowest BCUT2D eigenvalue weighted by Gasteiger charge is -2.25. The Morgan fingerprint density at radius 1 is 1.47 bits per heavy atom. The maximum absolute atomic E-state index is 12.0. The molecule has 1 N–H and O–H groups in total. The highest BCUT2D eigenvalue weighted by molar-refractivity contribution is 6.05. The number of nitrogens with one attached hydrogen (secondary N) is 1. The van der Waals surface area contributed by atoms with E-state index in [1.807, 2.05) is 6.92 Å². The van der Waals surface area contributed by atoms with Crippen LogP contribution in [0.25, 0.3) is 0 Å². The summed E-state index contributed by atoms with van der Waals surface area (Å²) in [6, 6.07) is -0.118. The van der Waals surface area contributed by atoms with Gasteiger partial charge in [0.1, 0.15) is 0 Å². The van der Waals surface area contributed by atoms with Gasteiger partial charge in [0.2, 0.25) is 11.8 Å². The Morgan fingerprint density at radius 2 is 2.29 bits per heavy atom. The fourth-order valence-electron chi connectivity index (χ4n) is 2.43. The summed E-state index contributed by atoms with van der Waals surface area (Å²) >= 11 is 0. The van der Waals surface area contributed by atoms with Gasteiger partial charge in [-0.3, -0.25) is 14.5 Å². The van der Waals surface area contributed by atoms with Crippen molar-refractivity contribution < 1.29 is 14.3 Å². The molecule has 2 fully saturated rings. The Kier molecular flexibility index (Phi) is 4.12. The summed E-state index contributed by atoms with van der Waals surface area (Å²) in [5.41, 5.74) is 0. The van der Waals surface area contributed by atoms with E-state index in [4.69, 9.17) is 4.74 Å². The highest BCUT2D eigenvalue weighted by Crippen LogP contribution is 2.16. The molecule has 0 aliphatic carbocycles. The minimum absolute atomic E-state index is 0.0499. The Balaban J connectivity index is 1.89. The predicted octanol–water partition coefficient (Wildman–Crippen LogP) is 0.292. The lowest BCUT2D eigenvalue weighted by molar-refractivity contribution is -0.138. The molecule has 2 amide bonds. The molecule has 2 rings (SSSR count). The zero-order valence-electron chi connectivity index (χ0n) is 10.3. The third-order valence-corrected chi connectivity index (χ3v) is 3.29. The van der Waals surface area contributed by atoms with Crippen LogP contribution < -0.4 is 5.32 Å². The van der Waals surface area contributed by atoms with Gasteiger partial charge in [-0.2, -0.15) is 0 Å². The molecule has 2 atom stereocenters. The minimum Gasteiger partial charge on any atom is -0.380 e. The molecule has 5 nitrogen and oxygen atoms in total. The molecule has 2 heterocycles. The monoisotopic (exact) mass is 240 g/mol. The second-order valence-corrected chi connectivity index (χ2v) is 4.72. The van der Waals surface area contributed by atoms with E-state index in [1.165, 1.54) is 4.90 Å². The lowest BCUT2D eigenvalue weighted by Crippen LogP contribution is -2.47. The first-order valence-corrected chi connectivity index (χ1v) is 6.40. The molecule has 0 radical (unpaired) electrons. The van der Waals surface area contributed by atoms with Crippen molar-refractivity contribution >= 4 is 11.8 Å². The minimum atomic E-state index is -0.333. The second kappa shape index (κ2) is 5.60. The maximum atomic E-state index is 12.0. The molecule has 0 saturated carbocycles. The van der Waals surface area contributed by atoms with Crippen molar-refractivity contribution in [1.82, 2.24) is 10.2 Å². The SMILES string of the molecule is CCCN1C(=O)CC(NC2CCCOC2)C1=O. The number of rotatable bonds is 4. The number of imide groups is 1. The first-order valence-electron chi connectivity index (χ1n) is 6.40. The van der Waals surface area contributed by atoms with Crippen molar-refractivity contribution in [1.29, 1.82) is 0 Å². The van der Waals surface area contributed by atoms with Gasteiger partial charge in [0.25, 0.3) is 0 Å². The molecule has 2 unspecified atom stereocenters. The first kappa shape index (κ1) is 12.5. The average molecular weight is 240 g/mol. The van der Waals surface area contributed by atoms with Gasteiger partial charge < -0.3 is 10.1 Å². The van der Waals surface area contributed by atoms with Crippen LogP contribution in [0.3, 0.4) is 0 Å². The van der Waals surface area contributed by atoms with E-state index >= 15 is 0 Å². The molecular formula is C12H20N2O3. The maximum Gasteiger partial charge on any atom is 0.246 e. The summed E-state index contributed by atoms with van der Waals surface area (Å²) in [4.78, 5) is 25.0. The second-order valence-electron chi connectivity index (χ2n) is 4.72. The van der Waals surface area contributed by atoms with E-state index in [0.29, 0.717) is 19.6 Å². The Labute approximate surface area is 101 Å². The van der Waals surface area contributed by atoms with Gasteiger partial charge in [-0.1, -0.05) is 6.92 Å². The first-order chi connectivity index (χ1) is 8.22. The molecule has 2 aliphatic rings. The van der Waals surface area contributed by atoms with Crippen molar-refractivity contribution in [2.45, 2.75) is 44.7 Å². The number of amides is 2. The van der Waals surface area contributed by atoms with Crippen LogP contribution in [0.4, 0.5) is 0 Å². The Morgan fingerprint density at radius 3 is 2.94 bits per heavy atom. The third-order valence-electron chi connectivity index (χ3n) is 3.29. The topological polar surface area (TPSA) is 58.6 Å². The van der Waals surface area contributed by atoms with Crippen molar-refractivity contribution in [2.75, 3.05) is 19.8 Å². The van der Waals surface area contributed by atoms with Crippen molar-refractivity contribution in [3.05, 3.63) is 0 Å². The normalized spacial score (nSPS) is 30.1. The molecule has 0 spiro atoms. The van der Waals surface area contributed by atoms with Gasteiger partial charge in [-0.25, -0.2) is 0 Å². The molecule has 0 aromatic carbocycles. The number of ether oxygens (including phenoxy) is 1. The number of likely N-dealkylation sites (tertiary alicyclic amines) is 1. The number of nitrogens with zero attached hydrogens (tertiary/aromatic N) is 1. The summed E-state index contributed by atoms with van der Waals surface area (Å²) in [7, 11) is 0. The van der Waals surface area contributed by atoms with Gasteiger partial charge in [0.15, 0.2) is 0 Å². The van der Waals surface area contributed by atoms with Crippen LogP contribution in [0.1, 0.15) is 32.6 Å². The zero-order valence-corrected chi connectivity index (χ0v) is 10.3. The lowest BCUT2D eigenvalue weighted by atomic mass is 10.1. The molecule has 17 heavy (non-hydrogen) atoms. The Hall–Kier alpha value is -0.940. The van der Waals surface area contributed by atoms with Gasteiger partial charge in [0, 0.05) is 19.2 Å². The van der Waals surface area contributed by atoms with E-state index in [-0.39, 0.29) is 23.9 Å². The number of carbonyl (C=O) groups is 2. The molecule has 2 aliphatic heterocycles. The predicted molar refractivity (Wildman–Crippen MR) is 62.4 cm³/mol. The highest BCUT2D eigenvalue weighted by Gasteiger charge is 2.38. The van der Waals surface area contributed by atoms with Gasteiger partial charge in [-0.15, -0.1) is 0 Å². The third kappa shape index (κ3) is 2.84. The van der Waals surface area contributed by atoms with Crippen molar-refractivity contribution in [2.24, 2.45) is 0 Å². The van der Waals surface area contributed by atoms with Crippen LogP contribution in [0.5, 0.6) is 0 Å². The van der Waals surface area contributed by atoms with E-state index in [2.05, 4.69) is 5.32 Å². The molecule has 2 saturated heterocycles. The van der Waals surface area contributed by atoms with Gasteiger partial charge >= 0.3 is 0 Å². The molecule has 0 aromatic heterocycles. The molecule has 0 aromatic rings. The summed E-state index contributed by atoms with van der Waals surface area (Å²) in [6.07, 6.45) is 3.16. The van der Waals surface area contributed by atoms with Crippen LogP contribution in [0.15, 0.2) is 0 Å². The molecule has 0 bridgehead atoms. The average Bonchev–Trinajstić information content (AvgIpc) is 2.59. The van der Waals surface area contributed by atoms with E-state index < -0.39 is 0 Å². The summed E-state index contributed by atoms with van der Waals surface area (Å²) in [5, 5.41) is 3.25. The van der Waals surface area contributed by atoms with Crippen LogP contribution in [0, 0.1) is 0 Å². The summed E-state index contributed by atoms with van der Waals surface area (Å²) in [5.74, 6) is -0.117. The standard InChI is InChI=1S/C12H20N2O3/c1-2-5-14-11(15)7-10(12(14)16)13-9-4-3-6-17-8-9/h9-10,13H,2-8H2,1H3. The van der Waals surface area contributed by atoms with Crippen LogP contribution in [0.2, 0.25) is 0 Å². The summed E-state index contributed by atoms with van der Waals surface area (Å²) < 4.78 is 5.36. The van der Waals surface area contributed by atoms with Crippen molar-refractivity contribution in [3.63, 3.8) is 0 Å². The van der Waals surface area contributed by atoms with Crippen molar-refractivity contribution in [3.8, 4) is 0 Å². The highest BCUT2D eigenvalue weighted by atomic mass is 16.5. The van der Waals surface area contributed by atoms with Gasteiger partial charge in [0.05, 0.1) is 19.1 Å². The Bertz CT molecular complexity index is 300. The molecule has 96 valence electrons. The van der Waals surface area contributed by atoms with E-state index in [0.717, 1.165) is 25.9 Å². The van der Waals surface area contributed by atoms with Crippen LogP contribution in [-0.2, 0) is 14.3 Å². The molecular weight excluding hydrogens is 220 g/mol. The zero-order chi connectivity index (χ0) is 12.3. The van der Waals surface area contributed by atoms with E-state index in [1.54, 1.807) is 0 Å². The van der Waals surface area contributed by atoms with Crippen LogP contribution >= 0.6 is 0 Å². The number of carbonyl (C=O) groups excluding carboxylic acids is 2. The van der Waals surface area contributed by atoms with Gasteiger partial charge in [-0.05, 0) is 19.3 Å². The summed E-state index contributed by atoms with van der Waals surface area (Å²) in [6.45, 7) is 3.96. The van der Waals surface area contributed by atoms with Crippen LogP contribution in [-0.4, -0.2) is 48.6 Å². The number of hydrogen-bond donors (Lipinski definition) is 1. The smallest absolute Gasteiger partial charge is 0.246 e. The fourth-order valence-corrected chi connectivity index (χ4v) is 2.43. The quantitative estimate of drug-likeness (QED) is 0.718. The largest absolute Gasteiger partial charge is 0.380 e. The molecule has 5 heteroatoms. The fraction of sp³-hybridized carbons (Fsp3) is 0.833. The number of hydrogen-bond acceptors (Lipinski definition) is 4. The van der Waals surface area contributed by atoms with E-state index in [9.17, 15) is 9.59 Å².